The highest BCUT2D eigenvalue weighted by Gasteiger charge is 2.32. The van der Waals surface area contributed by atoms with Gasteiger partial charge in [0.05, 0.1) is 32.8 Å². The molecule has 10 heteroatoms. The number of rotatable bonds is 9. The van der Waals surface area contributed by atoms with Crippen molar-refractivity contribution in [2.75, 3.05) is 60.0 Å². The first kappa shape index (κ1) is 23.9. The molecule has 2 rings (SSSR count). The molecule has 9 nitrogen and oxygen atoms in total. The summed E-state index contributed by atoms with van der Waals surface area (Å²) in [5.74, 6) is 0.463. The van der Waals surface area contributed by atoms with Crippen molar-refractivity contribution in [3.8, 4) is 17.6 Å². The van der Waals surface area contributed by atoms with Crippen LogP contribution >= 0.6 is 0 Å². The van der Waals surface area contributed by atoms with Gasteiger partial charge in [-0.2, -0.15) is 9.57 Å². The number of methoxy groups -OCH3 is 2. The van der Waals surface area contributed by atoms with E-state index in [1.54, 1.807) is 17.0 Å². The van der Waals surface area contributed by atoms with Gasteiger partial charge in [0.25, 0.3) is 0 Å². The Hall–Kier alpha value is -2.35. The Morgan fingerprint density at radius 2 is 1.90 bits per heavy atom. The number of benzene rings is 1. The van der Waals surface area contributed by atoms with Crippen molar-refractivity contribution in [3.05, 3.63) is 18.2 Å². The van der Waals surface area contributed by atoms with Gasteiger partial charge in [0.15, 0.2) is 0 Å². The molecule has 1 aromatic rings. The van der Waals surface area contributed by atoms with Crippen LogP contribution in [0, 0.1) is 17.2 Å². The number of nitriles is 1. The molecule has 1 amide bonds. The van der Waals surface area contributed by atoms with Crippen molar-refractivity contribution in [1.82, 2.24) is 14.1 Å². The molecule has 0 saturated carbocycles. The molecule has 1 unspecified atom stereocenters. The van der Waals surface area contributed by atoms with Gasteiger partial charge in [0, 0.05) is 38.8 Å². The van der Waals surface area contributed by atoms with Crippen LogP contribution in [0.2, 0.25) is 0 Å². The van der Waals surface area contributed by atoms with Gasteiger partial charge in [-0.25, -0.2) is 8.42 Å². The average molecular weight is 439 g/mol. The van der Waals surface area contributed by atoms with Crippen LogP contribution < -0.4 is 9.47 Å². The van der Waals surface area contributed by atoms with E-state index in [2.05, 4.69) is 6.07 Å². The summed E-state index contributed by atoms with van der Waals surface area (Å²) in [4.78, 5) is 16.3. The highest BCUT2D eigenvalue weighted by Crippen LogP contribution is 2.31. The number of hydrogen-bond acceptors (Lipinski definition) is 7. The Morgan fingerprint density at radius 3 is 2.43 bits per heavy atom. The zero-order valence-electron chi connectivity index (χ0n) is 18.0. The highest BCUT2D eigenvalue weighted by atomic mass is 32.2. The largest absolute Gasteiger partial charge is 0.497 e. The zero-order valence-corrected chi connectivity index (χ0v) is 18.8. The zero-order chi connectivity index (χ0) is 22.3. The van der Waals surface area contributed by atoms with Crippen LogP contribution in [0.3, 0.4) is 0 Å². The molecule has 1 atom stereocenters. The molecule has 1 aliphatic rings. The molecule has 1 aromatic carbocycles. The lowest BCUT2D eigenvalue weighted by atomic mass is 10.2. The van der Waals surface area contributed by atoms with Gasteiger partial charge in [-0.1, -0.05) is 6.92 Å². The maximum atomic E-state index is 13.1. The summed E-state index contributed by atoms with van der Waals surface area (Å²) in [6.45, 7) is 6.23. The summed E-state index contributed by atoms with van der Waals surface area (Å²) in [5.41, 5.74) is 0. The maximum absolute atomic E-state index is 13.1. The molecule has 0 radical (unpaired) electrons. The summed E-state index contributed by atoms with van der Waals surface area (Å²) in [6.07, 6.45) is 0. The van der Waals surface area contributed by atoms with Crippen LogP contribution in [0.4, 0.5) is 0 Å². The van der Waals surface area contributed by atoms with Crippen molar-refractivity contribution >= 4 is 15.9 Å². The summed E-state index contributed by atoms with van der Waals surface area (Å²) in [5, 5.41) is 8.98. The second-order valence-corrected chi connectivity index (χ2v) is 9.07. The van der Waals surface area contributed by atoms with E-state index in [4.69, 9.17) is 14.7 Å². The monoisotopic (exact) mass is 438 g/mol. The Kier molecular flexibility index (Phi) is 8.46. The quantitative estimate of drug-likeness (QED) is 0.567. The normalized spacial score (nSPS) is 16.2. The highest BCUT2D eigenvalue weighted by molar-refractivity contribution is 7.89. The first-order chi connectivity index (χ1) is 14.3. The average Bonchev–Trinajstić information content (AvgIpc) is 2.77. The number of carbonyl (C=O) groups is 1. The minimum Gasteiger partial charge on any atom is -0.497 e. The number of hydrogen-bond donors (Lipinski definition) is 0. The van der Waals surface area contributed by atoms with Crippen molar-refractivity contribution in [1.29, 1.82) is 5.26 Å². The number of sulfonamides is 1. The lowest BCUT2D eigenvalue weighted by Gasteiger charge is -2.35. The lowest BCUT2D eigenvalue weighted by Crippen LogP contribution is -2.52. The third-order valence-electron chi connectivity index (χ3n) is 5.14. The topological polar surface area (TPSA) is 103 Å². The van der Waals surface area contributed by atoms with Crippen LogP contribution in [0.5, 0.6) is 11.5 Å². The Labute approximate surface area is 178 Å². The van der Waals surface area contributed by atoms with Crippen LogP contribution in [-0.4, -0.2) is 88.5 Å². The molecule has 1 heterocycles. The van der Waals surface area contributed by atoms with Crippen molar-refractivity contribution < 1.29 is 22.7 Å². The fraction of sp³-hybridized carbons (Fsp3) is 0.600. The summed E-state index contributed by atoms with van der Waals surface area (Å²) < 4.78 is 38.0. The smallest absolute Gasteiger partial charge is 0.247 e. The predicted molar refractivity (Wildman–Crippen MR) is 112 cm³/mol. The van der Waals surface area contributed by atoms with Gasteiger partial charge in [0.2, 0.25) is 15.9 Å². The number of piperazine rings is 1. The van der Waals surface area contributed by atoms with Gasteiger partial charge >= 0.3 is 0 Å². The van der Waals surface area contributed by atoms with Gasteiger partial charge in [-0.05, 0) is 25.6 Å². The molecular weight excluding hydrogens is 408 g/mol. The van der Waals surface area contributed by atoms with Crippen LogP contribution in [0.1, 0.15) is 13.8 Å². The van der Waals surface area contributed by atoms with Gasteiger partial charge in [-0.15, -0.1) is 0 Å². The molecule has 1 aliphatic heterocycles. The fourth-order valence-corrected chi connectivity index (χ4v) is 4.92. The summed E-state index contributed by atoms with van der Waals surface area (Å²) >= 11 is 0. The van der Waals surface area contributed by atoms with E-state index in [1.807, 2.05) is 18.7 Å². The summed E-state index contributed by atoms with van der Waals surface area (Å²) in [7, 11) is -0.897. The number of amides is 1. The fourth-order valence-electron chi connectivity index (χ4n) is 3.33. The second-order valence-electron chi connectivity index (χ2n) is 7.16. The lowest BCUT2D eigenvalue weighted by molar-refractivity contribution is -0.133. The van der Waals surface area contributed by atoms with E-state index in [0.29, 0.717) is 31.9 Å². The van der Waals surface area contributed by atoms with E-state index >= 15 is 0 Å². The maximum Gasteiger partial charge on any atom is 0.247 e. The second kappa shape index (κ2) is 10.6. The van der Waals surface area contributed by atoms with E-state index < -0.39 is 10.0 Å². The minimum absolute atomic E-state index is 0.0479. The number of carbonyl (C=O) groups excluding carboxylic acids is 1. The molecule has 0 aliphatic carbocycles. The van der Waals surface area contributed by atoms with Gasteiger partial charge < -0.3 is 14.4 Å². The van der Waals surface area contributed by atoms with Crippen LogP contribution in [0.25, 0.3) is 0 Å². The van der Waals surface area contributed by atoms with Gasteiger partial charge in [-0.3, -0.25) is 9.69 Å². The standard InChI is InChI=1S/C20H30N4O5S/c1-5-22(14-16(2)13-21)15-20(25)23-8-10-24(11-9-23)30(26,27)19-12-17(28-3)6-7-18(19)29-4/h6-7,12,16H,5,8-11,14-15H2,1-4H3. The Balaban J connectivity index is 2.04. The molecule has 30 heavy (non-hydrogen) atoms. The van der Waals surface area contributed by atoms with E-state index in [9.17, 15) is 13.2 Å². The number of nitrogens with zero attached hydrogens (tertiary/aromatic N) is 4. The molecule has 0 aromatic heterocycles. The third kappa shape index (κ3) is 5.62. The van der Waals surface area contributed by atoms with E-state index in [1.165, 1.54) is 24.6 Å². The molecule has 0 N–H and O–H groups in total. The minimum atomic E-state index is -3.79. The Morgan fingerprint density at radius 1 is 1.23 bits per heavy atom. The van der Waals surface area contributed by atoms with Gasteiger partial charge in [0.1, 0.15) is 16.4 Å². The van der Waals surface area contributed by atoms with E-state index in [-0.39, 0.29) is 42.1 Å². The molecular formula is C20H30N4O5S. The number of likely N-dealkylation sites (N-methyl/N-ethyl adjacent to an activating group) is 1. The van der Waals surface area contributed by atoms with Crippen LogP contribution in [0.15, 0.2) is 23.1 Å². The molecule has 0 spiro atoms. The number of ether oxygens (including phenoxy) is 2. The summed E-state index contributed by atoms with van der Waals surface area (Å²) in [6, 6.07) is 6.83. The molecule has 166 valence electrons. The molecule has 1 fully saturated rings. The van der Waals surface area contributed by atoms with Crippen molar-refractivity contribution in [2.24, 2.45) is 5.92 Å². The molecule has 0 bridgehead atoms. The predicted octanol–water partition coefficient (Wildman–Crippen LogP) is 1.02. The van der Waals surface area contributed by atoms with Crippen molar-refractivity contribution in [3.63, 3.8) is 0 Å². The first-order valence-electron chi connectivity index (χ1n) is 9.88. The molecule has 1 saturated heterocycles. The van der Waals surface area contributed by atoms with Crippen LogP contribution in [-0.2, 0) is 14.8 Å². The SMILES string of the molecule is CCN(CC(=O)N1CCN(S(=O)(=O)c2cc(OC)ccc2OC)CC1)CC(C)C#N. The third-order valence-corrected chi connectivity index (χ3v) is 7.06. The Bertz CT molecular complexity index is 876. The van der Waals surface area contributed by atoms with Crippen molar-refractivity contribution in [2.45, 2.75) is 18.7 Å². The van der Waals surface area contributed by atoms with E-state index in [0.717, 1.165) is 0 Å². The first-order valence-corrected chi connectivity index (χ1v) is 11.3.